The fraction of sp³-hybridized carbons (Fsp3) is 0.176. The highest BCUT2D eigenvalue weighted by atomic mass is 16.5. The predicted molar refractivity (Wildman–Crippen MR) is 81.2 cm³/mol. The van der Waals surface area contributed by atoms with E-state index in [1.165, 1.54) is 0 Å². The summed E-state index contributed by atoms with van der Waals surface area (Å²) < 4.78 is 7.22. The number of imidazole rings is 1. The molecule has 3 rings (SSSR count). The van der Waals surface area contributed by atoms with E-state index in [0.717, 1.165) is 16.9 Å². The fourth-order valence-electron chi connectivity index (χ4n) is 2.28. The maximum atomic E-state index is 12.3. The molecule has 3 aromatic rings. The third-order valence-corrected chi connectivity index (χ3v) is 3.11. The van der Waals surface area contributed by atoms with Crippen molar-refractivity contribution in [1.29, 1.82) is 0 Å². The minimum Gasteiger partial charge on any atom is -0.458 e. The number of aromatic nitrogens is 2. The standard InChI is InChI=1S/C17H16N2O2/c1-12(2)21-17(20)15-16(13-8-4-3-5-9-13)19-11-7-6-10-14(19)18-15/h3-12H,1-2H3. The summed E-state index contributed by atoms with van der Waals surface area (Å²) in [4.78, 5) is 16.8. The number of benzene rings is 1. The Morgan fingerprint density at radius 2 is 1.81 bits per heavy atom. The number of nitrogens with zero attached hydrogens (tertiary/aromatic N) is 2. The molecule has 0 atom stereocenters. The van der Waals surface area contributed by atoms with Crippen LogP contribution < -0.4 is 0 Å². The van der Waals surface area contributed by atoms with Gasteiger partial charge in [-0.3, -0.25) is 4.40 Å². The molecule has 2 aromatic heterocycles. The molecule has 0 bridgehead atoms. The second kappa shape index (κ2) is 5.40. The van der Waals surface area contributed by atoms with Gasteiger partial charge in [0, 0.05) is 11.8 Å². The monoisotopic (exact) mass is 280 g/mol. The average Bonchev–Trinajstić information content (AvgIpc) is 2.87. The number of rotatable bonds is 3. The maximum Gasteiger partial charge on any atom is 0.359 e. The molecular weight excluding hydrogens is 264 g/mol. The quantitative estimate of drug-likeness (QED) is 0.689. The van der Waals surface area contributed by atoms with Gasteiger partial charge in [0.2, 0.25) is 0 Å². The summed E-state index contributed by atoms with van der Waals surface area (Å²) in [6.07, 6.45) is 1.72. The summed E-state index contributed by atoms with van der Waals surface area (Å²) >= 11 is 0. The molecule has 4 heteroatoms. The molecule has 106 valence electrons. The second-order valence-electron chi connectivity index (χ2n) is 5.06. The maximum absolute atomic E-state index is 12.3. The van der Waals surface area contributed by atoms with Crippen LogP contribution in [0.5, 0.6) is 0 Å². The molecule has 0 unspecified atom stereocenters. The number of carbonyl (C=O) groups excluding carboxylic acids is 1. The summed E-state index contributed by atoms with van der Waals surface area (Å²) in [5, 5.41) is 0. The van der Waals surface area contributed by atoms with E-state index >= 15 is 0 Å². The molecule has 0 aliphatic rings. The number of ether oxygens (including phenoxy) is 1. The summed E-state index contributed by atoms with van der Waals surface area (Å²) in [7, 11) is 0. The van der Waals surface area contributed by atoms with Crippen LogP contribution in [0.2, 0.25) is 0 Å². The Kier molecular flexibility index (Phi) is 3.44. The molecule has 0 saturated carbocycles. The zero-order valence-electron chi connectivity index (χ0n) is 12.0. The number of carbonyl (C=O) groups is 1. The summed E-state index contributed by atoms with van der Waals surface area (Å²) in [6, 6.07) is 15.4. The van der Waals surface area contributed by atoms with Crippen molar-refractivity contribution in [2.75, 3.05) is 0 Å². The van der Waals surface area contributed by atoms with Gasteiger partial charge < -0.3 is 4.74 Å². The van der Waals surface area contributed by atoms with Crippen molar-refractivity contribution in [2.45, 2.75) is 20.0 Å². The van der Waals surface area contributed by atoms with Crippen LogP contribution in [0.25, 0.3) is 16.9 Å². The van der Waals surface area contributed by atoms with Gasteiger partial charge in [0.25, 0.3) is 0 Å². The third-order valence-electron chi connectivity index (χ3n) is 3.11. The first-order valence-electron chi connectivity index (χ1n) is 6.90. The second-order valence-corrected chi connectivity index (χ2v) is 5.06. The van der Waals surface area contributed by atoms with Crippen molar-refractivity contribution < 1.29 is 9.53 Å². The lowest BCUT2D eigenvalue weighted by molar-refractivity contribution is 0.0372. The van der Waals surface area contributed by atoms with Gasteiger partial charge in [0.15, 0.2) is 5.69 Å². The summed E-state index contributed by atoms with van der Waals surface area (Å²) in [5.74, 6) is -0.396. The molecule has 0 amide bonds. The molecule has 0 radical (unpaired) electrons. The zero-order valence-corrected chi connectivity index (χ0v) is 12.0. The van der Waals surface area contributed by atoms with E-state index in [-0.39, 0.29) is 6.10 Å². The Morgan fingerprint density at radius 3 is 2.52 bits per heavy atom. The van der Waals surface area contributed by atoms with Crippen molar-refractivity contribution in [3.8, 4) is 11.3 Å². The Morgan fingerprint density at radius 1 is 1.10 bits per heavy atom. The van der Waals surface area contributed by atoms with Crippen molar-refractivity contribution in [3.63, 3.8) is 0 Å². The molecule has 1 aromatic carbocycles. The highest BCUT2D eigenvalue weighted by Gasteiger charge is 2.21. The Balaban J connectivity index is 2.22. The Hall–Kier alpha value is -2.62. The summed E-state index contributed by atoms with van der Waals surface area (Å²) in [6.45, 7) is 3.66. The van der Waals surface area contributed by atoms with Crippen molar-refractivity contribution in [3.05, 3.63) is 60.4 Å². The number of hydrogen-bond acceptors (Lipinski definition) is 3. The van der Waals surface area contributed by atoms with Crippen LogP contribution in [0.15, 0.2) is 54.7 Å². The molecule has 0 spiro atoms. The first kappa shape index (κ1) is 13.4. The van der Waals surface area contributed by atoms with E-state index < -0.39 is 5.97 Å². The van der Waals surface area contributed by atoms with Crippen LogP contribution in [0.4, 0.5) is 0 Å². The predicted octanol–water partition coefficient (Wildman–Crippen LogP) is 3.57. The van der Waals surface area contributed by atoms with Gasteiger partial charge in [-0.1, -0.05) is 36.4 Å². The number of hydrogen-bond donors (Lipinski definition) is 0. The Labute approximate surface area is 123 Å². The first-order chi connectivity index (χ1) is 10.2. The molecule has 0 N–H and O–H groups in total. The van der Waals surface area contributed by atoms with Gasteiger partial charge in [-0.05, 0) is 26.0 Å². The smallest absolute Gasteiger partial charge is 0.359 e. The molecule has 2 heterocycles. The van der Waals surface area contributed by atoms with E-state index in [4.69, 9.17) is 4.74 Å². The lowest BCUT2D eigenvalue weighted by Gasteiger charge is -2.08. The molecule has 0 aliphatic heterocycles. The van der Waals surface area contributed by atoms with E-state index in [0.29, 0.717) is 5.69 Å². The van der Waals surface area contributed by atoms with Crippen LogP contribution in [-0.2, 0) is 4.74 Å². The first-order valence-corrected chi connectivity index (χ1v) is 6.90. The molecule has 0 aliphatic carbocycles. The number of pyridine rings is 1. The van der Waals surface area contributed by atoms with E-state index in [9.17, 15) is 4.79 Å². The Bertz CT molecular complexity index is 776. The highest BCUT2D eigenvalue weighted by Crippen LogP contribution is 2.25. The average molecular weight is 280 g/mol. The van der Waals surface area contributed by atoms with Crippen LogP contribution >= 0.6 is 0 Å². The largest absolute Gasteiger partial charge is 0.458 e. The third kappa shape index (κ3) is 2.52. The number of esters is 1. The van der Waals surface area contributed by atoms with Crippen molar-refractivity contribution in [1.82, 2.24) is 9.38 Å². The van der Waals surface area contributed by atoms with Gasteiger partial charge in [0.1, 0.15) is 5.65 Å². The van der Waals surface area contributed by atoms with Gasteiger partial charge in [-0.25, -0.2) is 9.78 Å². The van der Waals surface area contributed by atoms with E-state index in [1.54, 1.807) is 0 Å². The normalized spacial score (nSPS) is 11.0. The van der Waals surface area contributed by atoms with E-state index in [1.807, 2.05) is 73.0 Å². The highest BCUT2D eigenvalue weighted by molar-refractivity contribution is 5.95. The lowest BCUT2D eigenvalue weighted by atomic mass is 10.1. The molecule has 4 nitrogen and oxygen atoms in total. The van der Waals surface area contributed by atoms with Crippen LogP contribution in [0.3, 0.4) is 0 Å². The van der Waals surface area contributed by atoms with Crippen molar-refractivity contribution >= 4 is 11.6 Å². The lowest BCUT2D eigenvalue weighted by Crippen LogP contribution is -2.13. The minimum atomic E-state index is -0.396. The molecule has 0 saturated heterocycles. The zero-order chi connectivity index (χ0) is 14.8. The van der Waals surface area contributed by atoms with Crippen LogP contribution in [0.1, 0.15) is 24.3 Å². The van der Waals surface area contributed by atoms with E-state index in [2.05, 4.69) is 4.98 Å². The SMILES string of the molecule is CC(C)OC(=O)c1nc2ccccn2c1-c1ccccc1. The van der Waals surface area contributed by atoms with Gasteiger partial charge in [-0.15, -0.1) is 0 Å². The molecule has 21 heavy (non-hydrogen) atoms. The molecule has 0 fully saturated rings. The van der Waals surface area contributed by atoms with Crippen LogP contribution in [0, 0.1) is 0 Å². The topological polar surface area (TPSA) is 43.6 Å². The minimum absolute atomic E-state index is 0.175. The van der Waals surface area contributed by atoms with Crippen LogP contribution in [-0.4, -0.2) is 21.5 Å². The van der Waals surface area contributed by atoms with Gasteiger partial charge in [0.05, 0.1) is 11.8 Å². The summed E-state index contributed by atoms with van der Waals surface area (Å²) in [5.41, 5.74) is 2.77. The van der Waals surface area contributed by atoms with Gasteiger partial charge >= 0.3 is 5.97 Å². The molecular formula is C17H16N2O2. The fourth-order valence-corrected chi connectivity index (χ4v) is 2.28. The number of fused-ring (bicyclic) bond motifs is 1. The van der Waals surface area contributed by atoms with Gasteiger partial charge in [-0.2, -0.15) is 0 Å². The van der Waals surface area contributed by atoms with Crippen molar-refractivity contribution in [2.24, 2.45) is 0 Å².